The van der Waals surface area contributed by atoms with Crippen molar-refractivity contribution in [1.29, 1.82) is 0 Å². The van der Waals surface area contributed by atoms with Crippen LogP contribution in [0.5, 0.6) is 0 Å². The van der Waals surface area contributed by atoms with Crippen LogP contribution in [0.3, 0.4) is 0 Å². The lowest BCUT2D eigenvalue weighted by Crippen LogP contribution is -2.34. The first-order chi connectivity index (χ1) is 7.13. The lowest BCUT2D eigenvalue weighted by molar-refractivity contribution is 0.677. The van der Waals surface area contributed by atoms with E-state index in [0.29, 0.717) is 12.5 Å². The van der Waals surface area contributed by atoms with Crippen LogP contribution >= 0.6 is 0 Å². The van der Waals surface area contributed by atoms with E-state index in [9.17, 15) is 0 Å². The SMILES string of the molecule is CCCCCN(N)c1nc(N)nc(N)n1. The Hall–Kier alpha value is -1.63. The fraction of sp³-hybridized carbons (Fsp3) is 0.625. The van der Waals surface area contributed by atoms with Gasteiger partial charge >= 0.3 is 0 Å². The van der Waals surface area contributed by atoms with Crippen molar-refractivity contribution < 1.29 is 0 Å². The minimum atomic E-state index is 0.0865. The first-order valence-electron chi connectivity index (χ1n) is 4.92. The molecule has 0 spiro atoms. The summed E-state index contributed by atoms with van der Waals surface area (Å²) in [6.07, 6.45) is 3.23. The first-order valence-corrected chi connectivity index (χ1v) is 4.92. The van der Waals surface area contributed by atoms with Crippen LogP contribution in [0.4, 0.5) is 17.8 Å². The van der Waals surface area contributed by atoms with Crippen LogP contribution in [0, 0.1) is 0 Å². The zero-order valence-electron chi connectivity index (χ0n) is 8.85. The third kappa shape index (κ3) is 3.55. The molecule has 0 bridgehead atoms. The summed E-state index contributed by atoms with van der Waals surface area (Å²) >= 11 is 0. The molecule has 84 valence electrons. The Bertz CT molecular complexity index is 294. The maximum Gasteiger partial charge on any atom is 0.246 e. The largest absolute Gasteiger partial charge is 0.368 e. The van der Waals surface area contributed by atoms with Crippen LogP contribution in [0.2, 0.25) is 0 Å². The maximum atomic E-state index is 5.74. The van der Waals surface area contributed by atoms with Crippen molar-refractivity contribution >= 4 is 17.8 Å². The Labute approximate surface area is 88.7 Å². The highest BCUT2D eigenvalue weighted by Crippen LogP contribution is 2.07. The van der Waals surface area contributed by atoms with Crippen molar-refractivity contribution in [1.82, 2.24) is 15.0 Å². The molecule has 0 amide bonds. The van der Waals surface area contributed by atoms with Crippen molar-refractivity contribution in [3.05, 3.63) is 0 Å². The van der Waals surface area contributed by atoms with E-state index in [1.54, 1.807) is 0 Å². The Kier molecular flexibility index (Phi) is 4.04. The first kappa shape index (κ1) is 11.4. The van der Waals surface area contributed by atoms with E-state index in [1.807, 2.05) is 0 Å². The predicted octanol–water partition coefficient (Wildman–Crippen LogP) is -0.0937. The molecule has 0 fully saturated rings. The number of nitrogens with two attached hydrogens (primary N) is 3. The van der Waals surface area contributed by atoms with E-state index in [4.69, 9.17) is 17.3 Å². The van der Waals surface area contributed by atoms with Gasteiger partial charge in [-0.2, -0.15) is 15.0 Å². The molecule has 1 aromatic rings. The third-order valence-corrected chi connectivity index (χ3v) is 1.92. The van der Waals surface area contributed by atoms with Gasteiger partial charge in [0.1, 0.15) is 0 Å². The highest BCUT2D eigenvalue weighted by Gasteiger charge is 2.07. The van der Waals surface area contributed by atoms with Crippen LogP contribution in [-0.2, 0) is 0 Å². The van der Waals surface area contributed by atoms with Gasteiger partial charge in [0.2, 0.25) is 17.8 Å². The molecule has 1 aromatic heterocycles. The molecule has 1 rings (SSSR count). The van der Waals surface area contributed by atoms with Crippen molar-refractivity contribution in [3.8, 4) is 0 Å². The molecule has 0 aliphatic carbocycles. The van der Waals surface area contributed by atoms with E-state index in [-0.39, 0.29) is 11.9 Å². The molecule has 0 aliphatic heterocycles. The molecule has 0 aliphatic rings. The van der Waals surface area contributed by atoms with Crippen LogP contribution in [-0.4, -0.2) is 21.5 Å². The lowest BCUT2D eigenvalue weighted by Gasteiger charge is -2.16. The minimum Gasteiger partial charge on any atom is -0.368 e. The van der Waals surface area contributed by atoms with E-state index >= 15 is 0 Å². The second kappa shape index (κ2) is 5.30. The van der Waals surface area contributed by atoms with Gasteiger partial charge in [-0.05, 0) is 6.42 Å². The van der Waals surface area contributed by atoms with Gasteiger partial charge in [0.15, 0.2) is 0 Å². The molecule has 0 aromatic carbocycles. The van der Waals surface area contributed by atoms with Gasteiger partial charge in [-0.1, -0.05) is 19.8 Å². The second-order valence-corrected chi connectivity index (χ2v) is 3.25. The lowest BCUT2D eigenvalue weighted by atomic mass is 10.2. The number of unbranched alkanes of at least 4 members (excludes halogenated alkanes) is 2. The van der Waals surface area contributed by atoms with Crippen molar-refractivity contribution in [3.63, 3.8) is 0 Å². The molecular weight excluding hydrogens is 194 g/mol. The number of anilines is 3. The summed E-state index contributed by atoms with van der Waals surface area (Å²) in [6, 6.07) is 0. The maximum absolute atomic E-state index is 5.74. The summed E-state index contributed by atoms with van der Waals surface area (Å²) in [6.45, 7) is 2.80. The minimum absolute atomic E-state index is 0.0865. The van der Waals surface area contributed by atoms with Gasteiger partial charge in [0.25, 0.3) is 0 Å². The normalized spacial score (nSPS) is 10.3. The quantitative estimate of drug-likeness (QED) is 0.353. The topological polar surface area (TPSA) is 120 Å². The monoisotopic (exact) mass is 211 g/mol. The second-order valence-electron chi connectivity index (χ2n) is 3.25. The van der Waals surface area contributed by atoms with Crippen LogP contribution in [0.25, 0.3) is 0 Å². The molecule has 1 heterocycles. The van der Waals surface area contributed by atoms with E-state index in [1.165, 1.54) is 5.01 Å². The number of hydrazine groups is 1. The van der Waals surface area contributed by atoms with Gasteiger partial charge < -0.3 is 11.5 Å². The number of hydrogen-bond donors (Lipinski definition) is 3. The molecule has 0 saturated carbocycles. The van der Waals surface area contributed by atoms with Crippen LogP contribution in [0.1, 0.15) is 26.2 Å². The van der Waals surface area contributed by atoms with E-state index < -0.39 is 0 Å². The van der Waals surface area contributed by atoms with Crippen molar-refractivity contribution in [2.75, 3.05) is 23.0 Å². The number of nitrogens with zero attached hydrogens (tertiary/aromatic N) is 4. The number of aromatic nitrogens is 3. The zero-order chi connectivity index (χ0) is 11.3. The molecule has 15 heavy (non-hydrogen) atoms. The van der Waals surface area contributed by atoms with Gasteiger partial charge in [-0.15, -0.1) is 0 Å². The standard InChI is InChI=1S/C8H17N7/c1-2-3-4-5-15(11)8-13-6(9)12-7(10)14-8/h2-5,11H2,1H3,(H4,9,10,12,13,14). The molecule has 7 heteroatoms. The zero-order valence-corrected chi connectivity index (χ0v) is 8.85. The summed E-state index contributed by atoms with van der Waals surface area (Å²) in [5, 5.41) is 1.43. The van der Waals surface area contributed by atoms with Crippen LogP contribution in [0.15, 0.2) is 0 Å². The summed E-state index contributed by atoms with van der Waals surface area (Å²) in [4.78, 5) is 11.4. The molecule has 6 N–H and O–H groups in total. The number of rotatable bonds is 5. The summed E-state index contributed by atoms with van der Waals surface area (Å²) in [5.74, 6) is 6.23. The summed E-state index contributed by atoms with van der Waals surface area (Å²) in [5.41, 5.74) is 10.9. The number of nitrogen functional groups attached to an aromatic ring is 2. The predicted molar refractivity (Wildman–Crippen MR) is 59.7 cm³/mol. The average Bonchev–Trinajstić information content (AvgIpc) is 2.16. The molecule has 0 radical (unpaired) electrons. The van der Waals surface area contributed by atoms with E-state index in [2.05, 4.69) is 21.9 Å². The van der Waals surface area contributed by atoms with Crippen molar-refractivity contribution in [2.24, 2.45) is 5.84 Å². The Morgan fingerprint density at radius 2 is 1.67 bits per heavy atom. The van der Waals surface area contributed by atoms with Gasteiger partial charge in [0, 0.05) is 6.54 Å². The molecule has 0 unspecified atom stereocenters. The fourth-order valence-corrected chi connectivity index (χ4v) is 1.16. The smallest absolute Gasteiger partial charge is 0.246 e. The molecule has 0 atom stereocenters. The van der Waals surface area contributed by atoms with Gasteiger partial charge in [-0.25, -0.2) is 5.84 Å². The van der Waals surface area contributed by atoms with Crippen LogP contribution < -0.4 is 22.3 Å². The summed E-state index contributed by atoms with van der Waals surface area (Å²) in [7, 11) is 0. The Balaban J connectivity index is 2.60. The highest BCUT2D eigenvalue weighted by atomic mass is 15.5. The van der Waals surface area contributed by atoms with Gasteiger partial charge in [0.05, 0.1) is 0 Å². The van der Waals surface area contributed by atoms with Crippen molar-refractivity contribution in [2.45, 2.75) is 26.2 Å². The molecule has 7 nitrogen and oxygen atoms in total. The Morgan fingerprint density at radius 1 is 1.07 bits per heavy atom. The highest BCUT2D eigenvalue weighted by molar-refractivity contribution is 5.38. The Morgan fingerprint density at radius 3 is 2.20 bits per heavy atom. The molecular formula is C8H17N7. The number of hydrogen-bond acceptors (Lipinski definition) is 7. The molecule has 0 saturated heterocycles. The van der Waals surface area contributed by atoms with Gasteiger partial charge in [-0.3, -0.25) is 5.01 Å². The third-order valence-electron chi connectivity index (χ3n) is 1.92. The van der Waals surface area contributed by atoms with E-state index in [0.717, 1.165) is 19.3 Å². The average molecular weight is 211 g/mol. The fourth-order valence-electron chi connectivity index (χ4n) is 1.16. The summed E-state index contributed by atoms with van der Waals surface area (Å²) < 4.78 is 0.